The average molecular weight is 336 g/mol. The summed E-state index contributed by atoms with van der Waals surface area (Å²) in [5.41, 5.74) is 3.35. The molecule has 0 aliphatic carbocycles. The van der Waals surface area contributed by atoms with E-state index >= 15 is 0 Å². The zero-order chi connectivity index (χ0) is 16.8. The number of thiocarbonyl (C=S) groups is 1. The molecule has 24 heavy (non-hydrogen) atoms. The fourth-order valence-electron chi connectivity index (χ4n) is 2.59. The summed E-state index contributed by atoms with van der Waals surface area (Å²) in [5, 5.41) is 7.17. The van der Waals surface area contributed by atoms with Gasteiger partial charge in [-0.1, -0.05) is 49.4 Å². The third-order valence-electron chi connectivity index (χ3n) is 3.83. The van der Waals surface area contributed by atoms with Gasteiger partial charge >= 0.3 is 0 Å². The average Bonchev–Trinajstić information content (AvgIpc) is 3.15. The monoisotopic (exact) mass is 336 g/mol. The van der Waals surface area contributed by atoms with Gasteiger partial charge in [-0.15, -0.1) is 0 Å². The fourth-order valence-corrected chi connectivity index (χ4v) is 2.82. The standard InChI is InChI=1S/C20H20N2OS/c1-2-15-8-6-11-17(14-15)21-20(24)22-19(18-12-7-13-23-18)16-9-4-3-5-10-16/h3-14,19H,2H2,1H3,(H2,21,22,24)/t19-/m0/s1. The van der Waals surface area contributed by atoms with Gasteiger partial charge in [0, 0.05) is 5.69 Å². The SMILES string of the molecule is CCc1cccc(NC(=S)N[C@@H](c2ccccc2)c2ccco2)c1. The highest BCUT2D eigenvalue weighted by Gasteiger charge is 2.17. The third kappa shape index (κ3) is 4.03. The molecule has 1 heterocycles. The molecule has 0 bridgehead atoms. The van der Waals surface area contributed by atoms with Gasteiger partial charge in [0.2, 0.25) is 0 Å². The molecular weight excluding hydrogens is 316 g/mol. The molecule has 3 aromatic rings. The van der Waals surface area contributed by atoms with E-state index in [0.29, 0.717) is 5.11 Å². The van der Waals surface area contributed by atoms with Crippen LogP contribution in [0.2, 0.25) is 0 Å². The Hall–Kier alpha value is -2.59. The van der Waals surface area contributed by atoms with Crippen molar-refractivity contribution in [2.24, 2.45) is 0 Å². The van der Waals surface area contributed by atoms with Gasteiger partial charge in [-0.25, -0.2) is 0 Å². The number of aryl methyl sites for hydroxylation is 1. The van der Waals surface area contributed by atoms with Gasteiger partial charge in [0.1, 0.15) is 11.8 Å². The second kappa shape index (κ2) is 7.79. The molecule has 3 rings (SSSR count). The summed E-state index contributed by atoms with van der Waals surface area (Å²) in [6, 6.07) is 22.1. The molecule has 0 radical (unpaired) electrons. The quantitative estimate of drug-likeness (QED) is 0.649. The Morgan fingerprint density at radius 1 is 1.04 bits per heavy atom. The van der Waals surface area contributed by atoms with Crippen molar-refractivity contribution in [3.05, 3.63) is 89.9 Å². The Morgan fingerprint density at radius 2 is 1.88 bits per heavy atom. The van der Waals surface area contributed by atoms with Crippen LogP contribution in [0.25, 0.3) is 0 Å². The second-order valence-electron chi connectivity index (χ2n) is 5.51. The van der Waals surface area contributed by atoms with E-state index in [2.05, 4.69) is 41.8 Å². The third-order valence-corrected chi connectivity index (χ3v) is 4.05. The van der Waals surface area contributed by atoms with Crippen LogP contribution in [0, 0.1) is 0 Å². The molecule has 4 heteroatoms. The normalized spacial score (nSPS) is 11.7. The summed E-state index contributed by atoms with van der Waals surface area (Å²) in [5.74, 6) is 0.827. The fraction of sp³-hybridized carbons (Fsp3) is 0.150. The lowest BCUT2D eigenvalue weighted by Gasteiger charge is -2.20. The summed E-state index contributed by atoms with van der Waals surface area (Å²) in [4.78, 5) is 0. The van der Waals surface area contributed by atoms with Crippen molar-refractivity contribution in [1.82, 2.24) is 5.32 Å². The molecule has 122 valence electrons. The number of nitrogens with one attached hydrogen (secondary N) is 2. The minimum atomic E-state index is -0.129. The molecule has 0 fully saturated rings. The van der Waals surface area contributed by atoms with E-state index in [1.54, 1.807) is 6.26 Å². The van der Waals surface area contributed by atoms with Crippen LogP contribution in [0.4, 0.5) is 5.69 Å². The van der Waals surface area contributed by atoms with Crippen LogP contribution >= 0.6 is 12.2 Å². The maximum Gasteiger partial charge on any atom is 0.171 e. The highest BCUT2D eigenvalue weighted by atomic mass is 32.1. The zero-order valence-electron chi connectivity index (χ0n) is 13.5. The molecule has 0 unspecified atom stereocenters. The zero-order valence-corrected chi connectivity index (χ0v) is 14.3. The predicted molar refractivity (Wildman–Crippen MR) is 102 cm³/mol. The predicted octanol–water partition coefficient (Wildman–Crippen LogP) is 4.92. The van der Waals surface area contributed by atoms with Gasteiger partial charge in [-0.2, -0.15) is 0 Å². The maximum atomic E-state index is 5.59. The molecule has 0 aliphatic rings. The molecule has 2 N–H and O–H groups in total. The Kier molecular flexibility index (Phi) is 5.29. The lowest BCUT2D eigenvalue weighted by molar-refractivity contribution is 0.476. The summed E-state index contributed by atoms with van der Waals surface area (Å²) < 4.78 is 5.59. The molecule has 0 saturated heterocycles. The number of rotatable bonds is 5. The summed E-state index contributed by atoms with van der Waals surface area (Å²) >= 11 is 5.50. The molecule has 0 spiro atoms. The van der Waals surface area contributed by atoms with Crippen molar-refractivity contribution in [3.8, 4) is 0 Å². The molecule has 1 atom stereocenters. The first kappa shape index (κ1) is 16.3. The van der Waals surface area contributed by atoms with Gasteiger partial charge in [-0.05, 0) is 54.0 Å². The number of hydrogen-bond donors (Lipinski definition) is 2. The van der Waals surface area contributed by atoms with E-state index in [0.717, 1.165) is 23.4 Å². The maximum absolute atomic E-state index is 5.59. The smallest absolute Gasteiger partial charge is 0.171 e. The summed E-state index contributed by atoms with van der Waals surface area (Å²) in [6.45, 7) is 2.14. The highest BCUT2D eigenvalue weighted by molar-refractivity contribution is 7.80. The molecule has 3 nitrogen and oxygen atoms in total. The van der Waals surface area contributed by atoms with E-state index in [-0.39, 0.29) is 6.04 Å². The van der Waals surface area contributed by atoms with Crippen LogP contribution in [0.3, 0.4) is 0 Å². The minimum Gasteiger partial charge on any atom is -0.467 e. The van der Waals surface area contributed by atoms with Gasteiger partial charge in [0.25, 0.3) is 0 Å². The number of furan rings is 1. The second-order valence-corrected chi connectivity index (χ2v) is 5.92. The summed E-state index contributed by atoms with van der Waals surface area (Å²) in [7, 11) is 0. The lowest BCUT2D eigenvalue weighted by Crippen LogP contribution is -2.32. The van der Waals surface area contributed by atoms with Crippen molar-refractivity contribution in [2.45, 2.75) is 19.4 Å². The van der Waals surface area contributed by atoms with Crippen molar-refractivity contribution >= 4 is 23.0 Å². The van der Waals surface area contributed by atoms with Crippen molar-refractivity contribution in [2.75, 3.05) is 5.32 Å². The molecule has 2 aromatic carbocycles. The first-order chi connectivity index (χ1) is 11.8. The van der Waals surface area contributed by atoms with E-state index in [4.69, 9.17) is 16.6 Å². The molecule has 1 aromatic heterocycles. The van der Waals surface area contributed by atoms with Crippen LogP contribution in [-0.2, 0) is 6.42 Å². The van der Waals surface area contributed by atoms with E-state index in [9.17, 15) is 0 Å². The molecular formula is C20H20N2OS. The van der Waals surface area contributed by atoms with Gasteiger partial charge in [0.05, 0.1) is 6.26 Å². The minimum absolute atomic E-state index is 0.129. The van der Waals surface area contributed by atoms with E-state index < -0.39 is 0 Å². The van der Waals surface area contributed by atoms with Crippen LogP contribution < -0.4 is 10.6 Å². The molecule has 0 saturated carbocycles. The van der Waals surface area contributed by atoms with Crippen LogP contribution in [-0.4, -0.2) is 5.11 Å². The Morgan fingerprint density at radius 3 is 2.58 bits per heavy atom. The number of anilines is 1. The van der Waals surface area contributed by atoms with Crippen LogP contribution in [0.1, 0.15) is 29.9 Å². The van der Waals surface area contributed by atoms with Gasteiger partial charge in [-0.3, -0.25) is 0 Å². The van der Waals surface area contributed by atoms with Crippen molar-refractivity contribution in [1.29, 1.82) is 0 Å². The highest BCUT2D eigenvalue weighted by Crippen LogP contribution is 2.22. The van der Waals surface area contributed by atoms with E-state index in [1.807, 2.05) is 42.5 Å². The first-order valence-electron chi connectivity index (χ1n) is 8.01. The summed E-state index contributed by atoms with van der Waals surface area (Å²) in [6.07, 6.45) is 2.67. The van der Waals surface area contributed by atoms with Gasteiger partial charge in [0.15, 0.2) is 5.11 Å². The number of hydrogen-bond acceptors (Lipinski definition) is 2. The first-order valence-corrected chi connectivity index (χ1v) is 8.42. The lowest BCUT2D eigenvalue weighted by atomic mass is 10.1. The topological polar surface area (TPSA) is 37.2 Å². The molecule has 0 aliphatic heterocycles. The van der Waals surface area contributed by atoms with Crippen molar-refractivity contribution < 1.29 is 4.42 Å². The van der Waals surface area contributed by atoms with Crippen LogP contribution in [0.15, 0.2) is 77.4 Å². The van der Waals surface area contributed by atoms with E-state index in [1.165, 1.54) is 5.56 Å². The Labute approximate surface area is 147 Å². The Bertz CT molecular complexity index is 784. The van der Waals surface area contributed by atoms with Crippen LogP contribution in [0.5, 0.6) is 0 Å². The van der Waals surface area contributed by atoms with Gasteiger partial charge < -0.3 is 15.1 Å². The van der Waals surface area contributed by atoms with Crippen molar-refractivity contribution in [3.63, 3.8) is 0 Å². The molecule has 0 amide bonds. The Balaban J connectivity index is 1.76. The number of benzene rings is 2. The largest absolute Gasteiger partial charge is 0.467 e.